The van der Waals surface area contributed by atoms with Gasteiger partial charge in [0.05, 0.1) is 13.7 Å². The predicted molar refractivity (Wildman–Crippen MR) is 97.1 cm³/mol. The number of amides is 3. The summed E-state index contributed by atoms with van der Waals surface area (Å²) in [5, 5.41) is 2.76. The Kier molecular flexibility index (Phi) is 5.30. The molecule has 1 N–H and O–H groups in total. The maximum Gasteiger partial charge on any atom is 0.325 e. The second-order valence-corrected chi connectivity index (χ2v) is 6.18. The highest BCUT2D eigenvalue weighted by Crippen LogP contribution is 2.32. The summed E-state index contributed by atoms with van der Waals surface area (Å²) in [6, 6.07) is 12.1. The van der Waals surface area contributed by atoms with Gasteiger partial charge < -0.3 is 14.8 Å². The van der Waals surface area contributed by atoms with E-state index in [1.54, 1.807) is 38.3 Å². The first kappa shape index (κ1) is 18.7. The number of rotatable bonds is 7. The molecule has 3 amide bonds. The van der Waals surface area contributed by atoms with Gasteiger partial charge in [-0.25, -0.2) is 9.18 Å². The highest BCUT2D eigenvalue weighted by molar-refractivity contribution is 6.07. The smallest absolute Gasteiger partial charge is 0.325 e. The lowest BCUT2D eigenvalue weighted by molar-refractivity contribution is -0.132. The van der Waals surface area contributed by atoms with Crippen LogP contribution in [0.25, 0.3) is 0 Å². The van der Waals surface area contributed by atoms with E-state index in [1.165, 1.54) is 24.3 Å². The molecule has 0 spiro atoms. The lowest BCUT2D eigenvalue weighted by atomic mass is 9.87. The van der Waals surface area contributed by atoms with Crippen molar-refractivity contribution < 1.29 is 23.5 Å². The molecule has 1 atom stereocenters. The molecule has 1 heterocycles. The summed E-state index contributed by atoms with van der Waals surface area (Å²) in [5.41, 5.74) is -0.617. The molecule has 27 heavy (non-hydrogen) atoms. The van der Waals surface area contributed by atoms with Crippen molar-refractivity contribution in [2.75, 3.05) is 20.3 Å². The van der Waals surface area contributed by atoms with E-state index in [-0.39, 0.29) is 19.1 Å². The Morgan fingerprint density at radius 3 is 2.26 bits per heavy atom. The van der Waals surface area contributed by atoms with Crippen LogP contribution in [0.4, 0.5) is 9.18 Å². The van der Waals surface area contributed by atoms with Gasteiger partial charge in [-0.15, -0.1) is 0 Å². The number of halogens is 1. The van der Waals surface area contributed by atoms with Gasteiger partial charge in [-0.1, -0.05) is 19.1 Å². The molecule has 2 aromatic carbocycles. The third-order valence-electron chi connectivity index (χ3n) is 4.69. The average molecular weight is 372 g/mol. The maximum atomic E-state index is 13.2. The summed E-state index contributed by atoms with van der Waals surface area (Å²) in [6.45, 7) is 2.08. The Morgan fingerprint density at radius 2 is 1.67 bits per heavy atom. The highest BCUT2D eigenvalue weighted by Gasteiger charge is 2.51. The van der Waals surface area contributed by atoms with Crippen LogP contribution in [0.1, 0.15) is 18.9 Å². The number of hydrogen-bond acceptors (Lipinski definition) is 4. The number of nitrogens with one attached hydrogen (secondary N) is 1. The summed E-state index contributed by atoms with van der Waals surface area (Å²) in [7, 11) is 1.58. The Hall–Kier alpha value is -3.09. The van der Waals surface area contributed by atoms with E-state index < -0.39 is 17.4 Å². The van der Waals surface area contributed by atoms with Crippen molar-refractivity contribution in [3.8, 4) is 11.5 Å². The second kappa shape index (κ2) is 7.65. The molecule has 0 radical (unpaired) electrons. The molecule has 0 saturated carbocycles. The first-order valence-electron chi connectivity index (χ1n) is 8.67. The predicted octanol–water partition coefficient (Wildman–Crippen LogP) is 3.07. The molecule has 1 aliphatic rings. The molecule has 1 aliphatic heterocycles. The van der Waals surface area contributed by atoms with Crippen LogP contribution in [-0.2, 0) is 10.3 Å². The number of hydrogen-bond donors (Lipinski definition) is 1. The van der Waals surface area contributed by atoms with E-state index in [4.69, 9.17) is 9.47 Å². The van der Waals surface area contributed by atoms with E-state index in [0.29, 0.717) is 23.5 Å². The Balaban J connectivity index is 1.68. The fourth-order valence-corrected chi connectivity index (χ4v) is 3.13. The largest absolute Gasteiger partial charge is 0.497 e. The number of methoxy groups -OCH3 is 1. The third-order valence-corrected chi connectivity index (χ3v) is 4.69. The molecule has 1 saturated heterocycles. The van der Waals surface area contributed by atoms with Crippen molar-refractivity contribution >= 4 is 11.9 Å². The van der Waals surface area contributed by atoms with Crippen LogP contribution in [0.5, 0.6) is 11.5 Å². The number of ether oxygens (including phenoxy) is 2. The van der Waals surface area contributed by atoms with Crippen molar-refractivity contribution in [3.63, 3.8) is 0 Å². The van der Waals surface area contributed by atoms with Gasteiger partial charge in [-0.3, -0.25) is 9.69 Å². The molecular weight excluding hydrogens is 351 g/mol. The molecular formula is C20H21FN2O4. The zero-order valence-corrected chi connectivity index (χ0v) is 15.2. The number of carbonyl (C=O) groups excluding carboxylic acids is 2. The lowest BCUT2D eigenvalue weighted by Gasteiger charge is -2.25. The van der Waals surface area contributed by atoms with Gasteiger partial charge in [0.2, 0.25) is 0 Å². The van der Waals surface area contributed by atoms with E-state index in [2.05, 4.69) is 5.32 Å². The average Bonchev–Trinajstić information content (AvgIpc) is 2.94. The van der Waals surface area contributed by atoms with Gasteiger partial charge in [0.1, 0.15) is 29.5 Å². The molecule has 0 unspecified atom stereocenters. The molecule has 7 heteroatoms. The van der Waals surface area contributed by atoms with Crippen LogP contribution < -0.4 is 14.8 Å². The first-order chi connectivity index (χ1) is 13.0. The van der Waals surface area contributed by atoms with E-state index >= 15 is 0 Å². The van der Waals surface area contributed by atoms with Gasteiger partial charge in [0.15, 0.2) is 0 Å². The van der Waals surface area contributed by atoms with E-state index in [0.717, 1.165) is 4.90 Å². The molecule has 1 fully saturated rings. The fourth-order valence-electron chi connectivity index (χ4n) is 3.13. The second-order valence-electron chi connectivity index (χ2n) is 6.18. The molecule has 0 aromatic heterocycles. The SMILES string of the molecule is CC[C@@]1(c2ccc(F)cc2)NC(=O)N(CCOc2ccc(OC)cc2)C1=O. The topological polar surface area (TPSA) is 67.9 Å². The number of benzene rings is 2. The van der Waals surface area contributed by atoms with Gasteiger partial charge in [-0.2, -0.15) is 0 Å². The van der Waals surface area contributed by atoms with E-state index in [1.807, 2.05) is 0 Å². The Morgan fingerprint density at radius 1 is 1.04 bits per heavy atom. The zero-order valence-electron chi connectivity index (χ0n) is 15.2. The standard InChI is InChI=1S/C20H21FN2O4/c1-3-20(14-4-6-15(21)7-5-14)18(24)23(19(25)22-20)12-13-27-17-10-8-16(26-2)9-11-17/h4-11H,3,12-13H2,1-2H3,(H,22,25)/t20-/m0/s1. The molecule has 142 valence electrons. The summed E-state index contributed by atoms with van der Waals surface area (Å²) in [5.74, 6) is 0.568. The van der Waals surface area contributed by atoms with Crippen molar-refractivity contribution in [2.45, 2.75) is 18.9 Å². The number of carbonyl (C=O) groups is 2. The van der Waals surface area contributed by atoms with Crippen molar-refractivity contribution in [3.05, 3.63) is 59.9 Å². The minimum absolute atomic E-state index is 0.111. The Bertz CT molecular complexity index is 823. The van der Waals surface area contributed by atoms with Crippen molar-refractivity contribution in [1.29, 1.82) is 0 Å². The third kappa shape index (κ3) is 3.58. The first-order valence-corrected chi connectivity index (χ1v) is 8.67. The number of nitrogens with zero attached hydrogens (tertiary/aromatic N) is 1. The summed E-state index contributed by atoms with van der Waals surface area (Å²) in [6.07, 6.45) is 0.360. The molecule has 3 rings (SSSR count). The minimum atomic E-state index is -1.18. The van der Waals surface area contributed by atoms with E-state index in [9.17, 15) is 14.0 Å². The monoisotopic (exact) mass is 372 g/mol. The van der Waals surface area contributed by atoms with Crippen LogP contribution in [-0.4, -0.2) is 37.1 Å². The fraction of sp³-hybridized carbons (Fsp3) is 0.300. The highest BCUT2D eigenvalue weighted by atomic mass is 19.1. The molecule has 0 aliphatic carbocycles. The van der Waals surface area contributed by atoms with Crippen LogP contribution in [0.3, 0.4) is 0 Å². The molecule has 6 nitrogen and oxygen atoms in total. The normalized spacial score (nSPS) is 19.1. The van der Waals surface area contributed by atoms with Gasteiger partial charge in [0, 0.05) is 0 Å². The molecule has 2 aromatic rings. The van der Waals surface area contributed by atoms with Crippen LogP contribution in [0.15, 0.2) is 48.5 Å². The number of urea groups is 1. The van der Waals surface area contributed by atoms with Crippen LogP contribution in [0, 0.1) is 5.82 Å². The van der Waals surface area contributed by atoms with Gasteiger partial charge in [0.25, 0.3) is 5.91 Å². The zero-order chi connectivity index (χ0) is 19.4. The summed E-state index contributed by atoms with van der Waals surface area (Å²) < 4.78 is 23.9. The van der Waals surface area contributed by atoms with Crippen molar-refractivity contribution in [1.82, 2.24) is 10.2 Å². The molecule has 0 bridgehead atoms. The van der Waals surface area contributed by atoms with Crippen molar-refractivity contribution in [2.24, 2.45) is 0 Å². The summed E-state index contributed by atoms with van der Waals surface area (Å²) >= 11 is 0. The summed E-state index contributed by atoms with van der Waals surface area (Å²) in [4.78, 5) is 26.5. The number of imide groups is 1. The lowest BCUT2D eigenvalue weighted by Crippen LogP contribution is -2.43. The quantitative estimate of drug-likeness (QED) is 0.759. The Labute approximate surface area is 156 Å². The van der Waals surface area contributed by atoms with Gasteiger partial charge >= 0.3 is 6.03 Å². The van der Waals surface area contributed by atoms with Crippen LogP contribution >= 0.6 is 0 Å². The minimum Gasteiger partial charge on any atom is -0.497 e. The maximum absolute atomic E-state index is 13.2. The van der Waals surface area contributed by atoms with Gasteiger partial charge in [-0.05, 0) is 48.4 Å². The van der Waals surface area contributed by atoms with Crippen LogP contribution in [0.2, 0.25) is 0 Å².